The summed E-state index contributed by atoms with van der Waals surface area (Å²) in [5.41, 5.74) is 8.06. The second-order valence-corrected chi connectivity index (χ2v) is 6.47. The molecule has 0 saturated carbocycles. The highest BCUT2D eigenvalue weighted by atomic mass is 35.5. The van der Waals surface area contributed by atoms with Crippen LogP contribution in [0.25, 0.3) is 0 Å². The van der Waals surface area contributed by atoms with Crippen molar-refractivity contribution in [2.24, 2.45) is 15.7 Å². The van der Waals surface area contributed by atoms with Crippen LogP contribution in [-0.4, -0.2) is 35.0 Å². The Bertz CT molecular complexity index is 989. The number of nitrogens with one attached hydrogen (secondary N) is 3. The minimum absolute atomic E-state index is 0. The Morgan fingerprint density at radius 3 is 2.39 bits per heavy atom. The van der Waals surface area contributed by atoms with Gasteiger partial charge in [-0.2, -0.15) is 0 Å². The van der Waals surface area contributed by atoms with Crippen molar-refractivity contribution in [3.63, 3.8) is 0 Å². The molecule has 11 heteroatoms. The van der Waals surface area contributed by atoms with Crippen molar-refractivity contribution in [1.82, 2.24) is 15.3 Å². The van der Waals surface area contributed by atoms with Crippen LogP contribution in [0.1, 0.15) is 16.9 Å². The first kappa shape index (κ1) is 24.0. The van der Waals surface area contributed by atoms with Crippen LogP contribution >= 0.6 is 24.8 Å². The van der Waals surface area contributed by atoms with E-state index in [1.165, 1.54) is 0 Å². The van der Waals surface area contributed by atoms with Crippen molar-refractivity contribution in [3.05, 3.63) is 71.9 Å². The summed E-state index contributed by atoms with van der Waals surface area (Å²) in [6.45, 7) is 2.03. The number of guanidine groups is 2. The molecule has 1 aliphatic heterocycles. The first-order valence-corrected chi connectivity index (χ1v) is 9.29. The lowest BCUT2D eigenvalue weighted by Gasteiger charge is -2.08. The molecule has 0 bridgehead atoms. The van der Waals surface area contributed by atoms with Gasteiger partial charge in [-0.25, -0.2) is 15.0 Å². The largest absolute Gasteiger partial charge is 0.467 e. The van der Waals surface area contributed by atoms with Crippen LogP contribution in [0.2, 0.25) is 0 Å². The van der Waals surface area contributed by atoms with E-state index in [4.69, 9.17) is 10.2 Å². The fourth-order valence-electron chi connectivity index (χ4n) is 2.78. The van der Waals surface area contributed by atoms with Crippen molar-refractivity contribution < 1.29 is 4.42 Å². The summed E-state index contributed by atoms with van der Waals surface area (Å²) >= 11 is 0. The average Bonchev–Trinajstić information content (AvgIpc) is 3.44. The molecule has 3 aromatic rings. The quantitative estimate of drug-likeness (QED) is 0.327. The second-order valence-electron chi connectivity index (χ2n) is 6.47. The van der Waals surface area contributed by atoms with Gasteiger partial charge in [0.1, 0.15) is 23.9 Å². The molecule has 9 nitrogen and oxygen atoms in total. The predicted molar refractivity (Wildman–Crippen MR) is 127 cm³/mol. The van der Waals surface area contributed by atoms with E-state index >= 15 is 0 Å². The van der Waals surface area contributed by atoms with E-state index in [1.807, 2.05) is 48.8 Å². The summed E-state index contributed by atoms with van der Waals surface area (Å²) in [5, 5.41) is 9.29. The summed E-state index contributed by atoms with van der Waals surface area (Å²) in [5.74, 6) is 3.21. The maximum absolute atomic E-state index is 5.89. The summed E-state index contributed by atoms with van der Waals surface area (Å²) in [7, 11) is 0. The van der Waals surface area contributed by atoms with Gasteiger partial charge in [0.2, 0.25) is 0 Å². The Morgan fingerprint density at radius 1 is 1.06 bits per heavy atom. The maximum Gasteiger partial charge on any atom is 0.197 e. The number of nitrogens with two attached hydrogens (primary N) is 1. The molecule has 0 aromatic carbocycles. The van der Waals surface area contributed by atoms with Gasteiger partial charge in [-0.05, 0) is 35.4 Å². The first-order valence-electron chi connectivity index (χ1n) is 9.29. The Labute approximate surface area is 192 Å². The standard InChI is InChI=1S/C20H22N8O.2ClH/c21-19(26-13-16-2-1-9-29-16)27-17-5-3-14(11-24-17)10-15-4-6-18(25-12-15)28-20-22-7-8-23-20;;/h1-6,9,11-12H,7-8,10,13H2,(H3,21,24,26,27)(H2,22,23,25,28);2*1H. The van der Waals surface area contributed by atoms with E-state index in [9.17, 15) is 0 Å². The molecule has 0 saturated heterocycles. The summed E-state index contributed by atoms with van der Waals surface area (Å²) < 4.78 is 5.22. The number of nitrogens with zero attached hydrogens (tertiary/aromatic N) is 4. The number of furan rings is 1. The van der Waals surface area contributed by atoms with Crippen molar-refractivity contribution in [1.29, 1.82) is 0 Å². The van der Waals surface area contributed by atoms with Crippen molar-refractivity contribution in [2.45, 2.75) is 13.0 Å². The molecule has 31 heavy (non-hydrogen) atoms. The van der Waals surface area contributed by atoms with E-state index in [-0.39, 0.29) is 30.8 Å². The van der Waals surface area contributed by atoms with Gasteiger partial charge in [-0.3, -0.25) is 4.99 Å². The van der Waals surface area contributed by atoms with Gasteiger partial charge in [-0.1, -0.05) is 12.1 Å². The highest BCUT2D eigenvalue weighted by Crippen LogP contribution is 2.12. The molecule has 0 spiro atoms. The third-order valence-corrected chi connectivity index (χ3v) is 4.22. The number of aliphatic imine (C=N–C) groups is 2. The monoisotopic (exact) mass is 462 g/mol. The Hall–Kier alpha value is -3.30. The second kappa shape index (κ2) is 11.8. The number of anilines is 2. The number of hydrogen-bond acceptors (Lipinski definition) is 7. The normalized spacial score (nSPS) is 12.8. The number of halogens is 2. The zero-order chi connectivity index (χ0) is 19.9. The molecule has 4 rings (SSSR count). The minimum Gasteiger partial charge on any atom is -0.467 e. The number of aromatic nitrogens is 2. The molecule has 0 aliphatic carbocycles. The van der Waals surface area contributed by atoms with E-state index in [2.05, 4.69) is 35.9 Å². The van der Waals surface area contributed by atoms with Gasteiger partial charge >= 0.3 is 0 Å². The summed E-state index contributed by atoms with van der Waals surface area (Å²) in [4.78, 5) is 17.3. The predicted octanol–water partition coefficient (Wildman–Crippen LogP) is 2.80. The number of pyridine rings is 2. The molecular formula is C20H24Cl2N8O. The van der Waals surface area contributed by atoms with Gasteiger partial charge < -0.3 is 26.1 Å². The number of hydrogen-bond donors (Lipinski definition) is 4. The fraction of sp³-hybridized carbons (Fsp3) is 0.200. The van der Waals surface area contributed by atoms with E-state index in [1.54, 1.807) is 6.26 Å². The van der Waals surface area contributed by atoms with Gasteiger partial charge in [-0.15, -0.1) is 24.8 Å². The lowest BCUT2D eigenvalue weighted by Crippen LogP contribution is -2.26. The van der Waals surface area contributed by atoms with Crippen LogP contribution in [0.5, 0.6) is 0 Å². The minimum atomic E-state index is 0. The smallest absolute Gasteiger partial charge is 0.197 e. The van der Waals surface area contributed by atoms with Gasteiger partial charge in [0, 0.05) is 25.4 Å². The van der Waals surface area contributed by atoms with Gasteiger partial charge in [0.05, 0.1) is 12.8 Å². The third kappa shape index (κ3) is 7.16. The molecule has 0 unspecified atom stereocenters. The molecule has 0 atom stereocenters. The molecule has 0 fully saturated rings. The molecule has 1 aliphatic rings. The molecule has 0 amide bonds. The van der Waals surface area contributed by atoms with Crippen LogP contribution < -0.4 is 21.7 Å². The van der Waals surface area contributed by atoms with Crippen molar-refractivity contribution in [2.75, 3.05) is 23.7 Å². The van der Waals surface area contributed by atoms with Crippen LogP contribution in [0.15, 0.2) is 69.5 Å². The Balaban J connectivity index is 0.00000171. The molecule has 0 radical (unpaired) electrons. The van der Waals surface area contributed by atoms with Crippen LogP contribution in [0.3, 0.4) is 0 Å². The zero-order valence-corrected chi connectivity index (χ0v) is 18.2. The SMILES string of the molecule is Cl.Cl.NC(=NCc1ccco1)Nc1ccc(Cc2ccc(NC3=NCCN3)nc2)cn1. The highest BCUT2D eigenvalue weighted by molar-refractivity contribution is 5.93. The van der Waals surface area contributed by atoms with Crippen molar-refractivity contribution in [3.8, 4) is 0 Å². The topological polar surface area (TPSA) is 126 Å². The third-order valence-electron chi connectivity index (χ3n) is 4.22. The average molecular weight is 463 g/mol. The fourth-order valence-corrected chi connectivity index (χ4v) is 2.78. The van der Waals surface area contributed by atoms with Crippen LogP contribution in [-0.2, 0) is 13.0 Å². The zero-order valence-electron chi connectivity index (χ0n) is 16.6. The first-order chi connectivity index (χ1) is 14.2. The number of rotatable bonds is 6. The van der Waals surface area contributed by atoms with Crippen molar-refractivity contribution >= 4 is 48.4 Å². The molecule has 164 valence electrons. The molecule has 5 N–H and O–H groups in total. The summed E-state index contributed by atoms with van der Waals surface area (Å²) in [6, 6.07) is 11.5. The Kier molecular flexibility index (Phi) is 9.11. The van der Waals surface area contributed by atoms with E-state index in [0.717, 1.165) is 48.2 Å². The molecular weight excluding hydrogens is 439 g/mol. The summed E-state index contributed by atoms with van der Waals surface area (Å²) in [6.07, 6.45) is 6.01. The Morgan fingerprint density at radius 2 is 1.81 bits per heavy atom. The van der Waals surface area contributed by atoms with Gasteiger partial charge in [0.25, 0.3) is 0 Å². The molecule has 3 aromatic heterocycles. The molecule has 4 heterocycles. The van der Waals surface area contributed by atoms with E-state index in [0.29, 0.717) is 12.4 Å². The van der Waals surface area contributed by atoms with Gasteiger partial charge in [0.15, 0.2) is 11.9 Å². The lowest BCUT2D eigenvalue weighted by atomic mass is 10.1. The van der Waals surface area contributed by atoms with Crippen LogP contribution in [0, 0.1) is 0 Å². The van der Waals surface area contributed by atoms with E-state index < -0.39 is 0 Å². The maximum atomic E-state index is 5.89. The van der Waals surface area contributed by atoms with Crippen LogP contribution in [0.4, 0.5) is 11.6 Å². The lowest BCUT2D eigenvalue weighted by molar-refractivity contribution is 0.513. The highest BCUT2D eigenvalue weighted by Gasteiger charge is 2.06.